The van der Waals surface area contributed by atoms with E-state index in [1.54, 1.807) is 14.2 Å². The van der Waals surface area contributed by atoms with Crippen molar-refractivity contribution in [3.05, 3.63) is 52.6 Å². The average Bonchev–Trinajstić information content (AvgIpc) is 2.59. The molecule has 0 heterocycles. The number of para-hydroxylation sites is 1. The molecule has 140 valence electrons. The number of carbonyl (C=O) groups excluding carboxylic acids is 1. The summed E-state index contributed by atoms with van der Waals surface area (Å²) in [6, 6.07) is 9.97. The summed E-state index contributed by atoms with van der Waals surface area (Å²) in [5.74, 6) is 1.44. The molecule has 0 spiro atoms. The van der Waals surface area contributed by atoms with Crippen LogP contribution in [0.1, 0.15) is 22.3 Å². The Labute approximate surface area is 155 Å². The number of anilines is 1. The fourth-order valence-corrected chi connectivity index (χ4v) is 3.07. The Morgan fingerprint density at radius 3 is 2.15 bits per heavy atom. The quantitative estimate of drug-likeness (QED) is 0.799. The van der Waals surface area contributed by atoms with Gasteiger partial charge in [-0.05, 0) is 49.6 Å². The van der Waals surface area contributed by atoms with Crippen molar-refractivity contribution < 1.29 is 19.2 Å². The lowest BCUT2D eigenvalue weighted by atomic mass is 10.1. The van der Waals surface area contributed by atoms with Gasteiger partial charge in [-0.1, -0.05) is 18.2 Å². The molecule has 2 N–H and O–H groups in total. The third kappa shape index (κ3) is 4.76. The highest BCUT2D eigenvalue weighted by molar-refractivity contribution is 5.93. The first kappa shape index (κ1) is 19.8. The predicted octanol–water partition coefficient (Wildman–Crippen LogP) is 2.28. The van der Waals surface area contributed by atoms with E-state index in [0.717, 1.165) is 45.1 Å². The number of benzene rings is 2. The number of carbonyl (C=O) groups is 1. The van der Waals surface area contributed by atoms with E-state index in [2.05, 4.69) is 5.32 Å². The largest absolute Gasteiger partial charge is 0.493 e. The first-order valence-electron chi connectivity index (χ1n) is 8.74. The third-order valence-corrected chi connectivity index (χ3v) is 4.54. The van der Waals surface area contributed by atoms with Crippen LogP contribution in [0.4, 0.5) is 5.69 Å². The molecule has 26 heavy (non-hydrogen) atoms. The molecule has 2 aromatic carbocycles. The van der Waals surface area contributed by atoms with Crippen LogP contribution in [0.3, 0.4) is 0 Å². The van der Waals surface area contributed by atoms with Crippen LogP contribution in [-0.4, -0.2) is 33.7 Å². The van der Waals surface area contributed by atoms with E-state index in [4.69, 9.17) is 9.47 Å². The topological polar surface area (TPSA) is 52.0 Å². The number of amides is 1. The van der Waals surface area contributed by atoms with Crippen LogP contribution in [0.5, 0.6) is 11.5 Å². The molecule has 5 heteroatoms. The van der Waals surface area contributed by atoms with Gasteiger partial charge in [-0.3, -0.25) is 4.79 Å². The highest BCUT2D eigenvalue weighted by Crippen LogP contribution is 2.29. The van der Waals surface area contributed by atoms with Crippen LogP contribution in [0.25, 0.3) is 0 Å². The third-order valence-electron chi connectivity index (χ3n) is 4.54. The van der Waals surface area contributed by atoms with E-state index in [-0.39, 0.29) is 5.91 Å². The summed E-state index contributed by atoms with van der Waals surface area (Å²) in [5.41, 5.74) is 5.32. The molecular weight excluding hydrogens is 328 g/mol. The number of aryl methyl sites for hydroxylation is 3. The second-order valence-electron chi connectivity index (χ2n) is 6.76. The van der Waals surface area contributed by atoms with Crippen molar-refractivity contribution in [2.45, 2.75) is 27.3 Å². The van der Waals surface area contributed by atoms with Gasteiger partial charge < -0.3 is 19.7 Å². The number of rotatable bonds is 7. The van der Waals surface area contributed by atoms with Crippen LogP contribution in [0.15, 0.2) is 30.3 Å². The molecule has 1 unspecified atom stereocenters. The lowest BCUT2D eigenvalue weighted by molar-refractivity contribution is -0.885. The van der Waals surface area contributed by atoms with Crippen LogP contribution in [-0.2, 0) is 11.3 Å². The Morgan fingerprint density at radius 2 is 1.58 bits per heavy atom. The van der Waals surface area contributed by atoms with Gasteiger partial charge in [0.15, 0.2) is 18.0 Å². The molecule has 0 aliphatic heterocycles. The van der Waals surface area contributed by atoms with Crippen LogP contribution in [0.2, 0.25) is 0 Å². The van der Waals surface area contributed by atoms with Gasteiger partial charge in [0, 0.05) is 11.3 Å². The van der Waals surface area contributed by atoms with Crippen LogP contribution in [0, 0.1) is 20.8 Å². The first-order chi connectivity index (χ1) is 12.3. The number of likely N-dealkylation sites (N-methyl/N-ethyl adjacent to an activating group) is 1. The highest BCUT2D eigenvalue weighted by atomic mass is 16.5. The smallest absolute Gasteiger partial charge is 0.279 e. The summed E-state index contributed by atoms with van der Waals surface area (Å²) >= 11 is 0. The Balaban J connectivity index is 2.04. The van der Waals surface area contributed by atoms with Crippen molar-refractivity contribution in [3.63, 3.8) is 0 Å². The Hall–Kier alpha value is -2.53. The summed E-state index contributed by atoms with van der Waals surface area (Å²) in [4.78, 5) is 13.6. The molecule has 0 saturated heterocycles. The van der Waals surface area contributed by atoms with Gasteiger partial charge in [-0.2, -0.15) is 0 Å². The summed E-state index contributed by atoms with van der Waals surface area (Å²) in [5, 5.41) is 3.05. The lowest BCUT2D eigenvalue weighted by Gasteiger charge is -2.18. The summed E-state index contributed by atoms with van der Waals surface area (Å²) in [7, 11) is 5.28. The molecule has 1 atom stereocenters. The molecule has 0 fully saturated rings. The fourth-order valence-electron chi connectivity index (χ4n) is 3.07. The van der Waals surface area contributed by atoms with Crippen molar-refractivity contribution >= 4 is 11.6 Å². The zero-order valence-electron chi connectivity index (χ0n) is 16.5. The van der Waals surface area contributed by atoms with E-state index in [0.29, 0.717) is 12.3 Å². The molecular formula is C21H29N2O3+. The minimum atomic E-state index is 0.0121. The standard InChI is InChI=1S/C21H28N2O3/c1-14-8-7-9-15(2)21(14)22-20(24)13-23(4)12-17-11-19(26-6)18(25-5)10-16(17)3/h7-11H,12-13H2,1-6H3,(H,22,24)/p+1. The normalized spacial score (nSPS) is 11.8. The zero-order chi connectivity index (χ0) is 19.3. The molecule has 0 aliphatic carbocycles. The van der Waals surface area contributed by atoms with Gasteiger partial charge >= 0.3 is 0 Å². The Morgan fingerprint density at radius 1 is 1.00 bits per heavy atom. The molecule has 0 saturated carbocycles. The second-order valence-corrected chi connectivity index (χ2v) is 6.76. The first-order valence-corrected chi connectivity index (χ1v) is 8.74. The van der Waals surface area contributed by atoms with Crippen LogP contribution < -0.4 is 19.7 Å². The maximum atomic E-state index is 12.4. The average molecular weight is 357 g/mol. The number of hydrogen-bond acceptors (Lipinski definition) is 3. The summed E-state index contributed by atoms with van der Waals surface area (Å²) < 4.78 is 10.7. The lowest BCUT2D eigenvalue weighted by Crippen LogP contribution is -3.08. The SMILES string of the molecule is COc1cc(C)c(C[NH+](C)CC(=O)Nc2c(C)cccc2C)cc1OC. The molecule has 2 aromatic rings. The van der Waals surface area contributed by atoms with Gasteiger partial charge in [0.1, 0.15) is 6.54 Å². The number of nitrogens with one attached hydrogen (secondary N) is 2. The number of methoxy groups -OCH3 is 2. The number of quaternary nitrogens is 1. The van der Waals surface area contributed by atoms with Crippen molar-refractivity contribution in [1.29, 1.82) is 0 Å². The monoisotopic (exact) mass is 357 g/mol. The van der Waals surface area contributed by atoms with E-state index in [1.165, 1.54) is 0 Å². The minimum Gasteiger partial charge on any atom is -0.493 e. The molecule has 0 aromatic heterocycles. The van der Waals surface area contributed by atoms with Crippen molar-refractivity contribution in [3.8, 4) is 11.5 Å². The second kappa shape index (κ2) is 8.72. The van der Waals surface area contributed by atoms with E-state index < -0.39 is 0 Å². The zero-order valence-corrected chi connectivity index (χ0v) is 16.5. The Kier molecular flexibility index (Phi) is 6.64. The summed E-state index contributed by atoms with van der Waals surface area (Å²) in [6.07, 6.45) is 0. The van der Waals surface area contributed by atoms with Gasteiger partial charge in [0.05, 0.1) is 21.3 Å². The van der Waals surface area contributed by atoms with Gasteiger partial charge in [0.2, 0.25) is 0 Å². The maximum Gasteiger partial charge on any atom is 0.279 e. The molecule has 0 aliphatic rings. The fraction of sp³-hybridized carbons (Fsp3) is 0.381. The van der Waals surface area contributed by atoms with Crippen molar-refractivity contribution in [2.75, 3.05) is 33.1 Å². The van der Waals surface area contributed by atoms with Gasteiger partial charge in [-0.15, -0.1) is 0 Å². The molecule has 1 amide bonds. The maximum absolute atomic E-state index is 12.4. The predicted molar refractivity (Wildman–Crippen MR) is 104 cm³/mol. The van der Waals surface area contributed by atoms with Crippen LogP contribution >= 0.6 is 0 Å². The van der Waals surface area contributed by atoms with Crippen molar-refractivity contribution in [2.24, 2.45) is 0 Å². The molecule has 0 radical (unpaired) electrons. The molecule has 0 bridgehead atoms. The van der Waals surface area contributed by atoms with Gasteiger partial charge in [0.25, 0.3) is 5.91 Å². The number of hydrogen-bond donors (Lipinski definition) is 2. The minimum absolute atomic E-state index is 0.0121. The van der Waals surface area contributed by atoms with Gasteiger partial charge in [-0.25, -0.2) is 0 Å². The van der Waals surface area contributed by atoms with Crippen molar-refractivity contribution in [1.82, 2.24) is 0 Å². The molecule has 5 nitrogen and oxygen atoms in total. The Bertz CT molecular complexity index is 767. The molecule has 2 rings (SSSR count). The van der Waals surface area contributed by atoms with E-state index >= 15 is 0 Å². The number of ether oxygens (including phenoxy) is 2. The highest BCUT2D eigenvalue weighted by Gasteiger charge is 2.16. The van der Waals surface area contributed by atoms with E-state index in [9.17, 15) is 4.79 Å². The van der Waals surface area contributed by atoms with E-state index in [1.807, 2.05) is 58.2 Å². The summed E-state index contributed by atoms with van der Waals surface area (Å²) in [6.45, 7) is 7.17.